The molecule has 3 atom stereocenters. The van der Waals surface area contributed by atoms with E-state index in [1.54, 1.807) is 14.2 Å². The normalized spacial score (nSPS) is 26.8. The molecule has 4 rings (SSSR count). The van der Waals surface area contributed by atoms with Gasteiger partial charge >= 0.3 is 17.8 Å². The molecule has 0 spiro atoms. The second-order valence-electron chi connectivity index (χ2n) is 8.58. The number of quaternary nitrogens is 1. The summed E-state index contributed by atoms with van der Waals surface area (Å²) in [7, 11) is 3.22. The van der Waals surface area contributed by atoms with E-state index < -0.39 is 17.8 Å². The van der Waals surface area contributed by atoms with Crippen LogP contribution in [0.4, 0.5) is 4.79 Å². The summed E-state index contributed by atoms with van der Waals surface area (Å²) < 4.78 is 10.8. The fraction of sp³-hybridized carbons (Fsp3) is 0.591. The lowest BCUT2D eigenvalue weighted by atomic mass is 9.85. The first-order valence-corrected chi connectivity index (χ1v) is 10.7. The third-order valence-electron chi connectivity index (χ3n) is 6.76. The third-order valence-corrected chi connectivity index (χ3v) is 6.76. The Hall–Kier alpha value is -2.61. The minimum atomic E-state index is -0.691. The second-order valence-corrected chi connectivity index (χ2v) is 8.58. The number of carbonyl (C=O) groups is 3. The zero-order chi connectivity index (χ0) is 21.4. The predicted molar refractivity (Wildman–Crippen MR) is 108 cm³/mol. The number of benzene rings is 1. The Labute approximate surface area is 176 Å². The average Bonchev–Trinajstić information content (AvgIpc) is 2.96. The highest BCUT2D eigenvalue weighted by atomic mass is 16.5. The number of nitrogens with one attached hydrogen (secondary N) is 1. The van der Waals surface area contributed by atoms with Gasteiger partial charge in [-0.15, -0.1) is 0 Å². The lowest BCUT2D eigenvalue weighted by molar-refractivity contribution is -0.923. The largest absolute Gasteiger partial charge is 0.493 e. The number of hydrogen-bond donors (Lipinski definition) is 1. The van der Waals surface area contributed by atoms with E-state index in [0.29, 0.717) is 18.0 Å². The van der Waals surface area contributed by atoms with Gasteiger partial charge in [0, 0.05) is 18.0 Å². The van der Waals surface area contributed by atoms with Crippen LogP contribution in [0, 0.1) is 5.92 Å². The summed E-state index contributed by atoms with van der Waals surface area (Å²) in [5.74, 6) is 0.243. The zero-order valence-corrected chi connectivity index (χ0v) is 17.9. The maximum absolute atomic E-state index is 13.0. The van der Waals surface area contributed by atoms with Crippen molar-refractivity contribution in [1.82, 2.24) is 9.80 Å². The first kappa shape index (κ1) is 20.7. The first-order valence-electron chi connectivity index (χ1n) is 10.7. The van der Waals surface area contributed by atoms with Gasteiger partial charge in [0.05, 0.1) is 20.8 Å². The van der Waals surface area contributed by atoms with E-state index >= 15 is 0 Å². The molecule has 8 heteroatoms. The maximum atomic E-state index is 13.0. The van der Waals surface area contributed by atoms with E-state index in [0.717, 1.165) is 54.0 Å². The van der Waals surface area contributed by atoms with Gasteiger partial charge in [-0.05, 0) is 36.5 Å². The molecule has 1 saturated heterocycles. The second kappa shape index (κ2) is 8.26. The lowest BCUT2D eigenvalue weighted by Gasteiger charge is -2.34. The van der Waals surface area contributed by atoms with E-state index in [4.69, 9.17) is 9.47 Å². The van der Waals surface area contributed by atoms with Crippen LogP contribution in [0.5, 0.6) is 11.5 Å². The van der Waals surface area contributed by atoms with Gasteiger partial charge in [0.2, 0.25) is 0 Å². The Kier molecular flexibility index (Phi) is 5.69. The van der Waals surface area contributed by atoms with E-state index in [9.17, 15) is 14.4 Å². The number of imide groups is 2. The average molecular weight is 416 g/mol. The van der Waals surface area contributed by atoms with E-state index in [-0.39, 0.29) is 18.6 Å². The van der Waals surface area contributed by atoms with Gasteiger partial charge < -0.3 is 14.4 Å². The molecular formula is C22H30N3O5+. The molecule has 1 N–H and O–H groups in total. The number of carbonyl (C=O) groups excluding carboxylic acids is 3. The van der Waals surface area contributed by atoms with E-state index in [2.05, 4.69) is 6.92 Å². The van der Waals surface area contributed by atoms with Crippen molar-refractivity contribution >= 4 is 17.8 Å². The minimum absolute atomic E-state index is 0.165. The Morgan fingerprint density at radius 3 is 2.33 bits per heavy atom. The summed E-state index contributed by atoms with van der Waals surface area (Å²) in [5.41, 5.74) is 2.29. The van der Waals surface area contributed by atoms with Crippen LogP contribution < -0.4 is 14.4 Å². The van der Waals surface area contributed by atoms with Gasteiger partial charge in [-0.3, -0.25) is 14.5 Å². The maximum Gasteiger partial charge on any atom is 0.338 e. The molecule has 1 saturated carbocycles. The van der Waals surface area contributed by atoms with E-state index in [1.807, 2.05) is 12.1 Å². The molecule has 1 aliphatic carbocycles. The summed E-state index contributed by atoms with van der Waals surface area (Å²) in [4.78, 5) is 41.8. The molecule has 1 unspecified atom stereocenters. The summed E-state index contributed by atoms with van der Waals surface area (Å²) in [6.45, 7) is 3.69. The number of urea groups is 1. The van der Waals surface area contributed by atoms with Gasteiger partial charge in [-0.2, -0.15) is 0 Å². The van der Waals surface area contributed by atoms with Crippen LogP contribution in [0.3, 0.4) is 0 Å². The summed E-state index contributed by atoms with van der Waals surface area (Å²) in [5, 5.41) is 0. The number of ether oxygens (including phenoxy) is 2. The topological polar surface area (TPSA) is 80.6 Å². The molecule has 162 valence electrons. The molecule has 1 aromatic rings. The fourth-order valence-corrected chi connectivity index (χ4v) is 5.02. The molecule has 8 nitrogen and oxygen atoms in total. The molecule has 3 aliphatic rings. The monoisotopic (exact) mass is 416 g/mol. The molecule has 1 aromatic carbocycles. The summed E-state index contributed by atoms with van der Waals surface area (Å²) >= 11 is 0. The van der Waals surface area contributed by atoms with Crippen molar-refractivity contribution in [2.24, 2.45) is 5.92 Å². The quantitative estimate of drug-likeness (QED) is 0.572. The molecule has 30 heavy (non-hydrogen) atoms. The van der Waals surface area contributed by atoms with Crippen molar-refractivity contribution in [3.63, 3.8) is 0 Å². The number of rotatable bonds is 5. The van der Waals surface area contributed by atoms with Crippen molar-refractivity contribution in [1.29, 1.82) is 0 Å². The van der Waals surface area contributed by atoms with Crippen LogP contribution in [0.25, 0.3) is 0 Å². The number of hydrogen-bond acceptors (Lipinski definition) is 5. The molecule has 2 aliphatic heterocycles. The SMILES string of the molecule is COc1cc2c(cc1OC)C[NH+](CN1C(=O)C(=O)N([C@@H]3CCCC[C@@H]3C)C1=O)CC2. The van der Waals surface area contributed by atoms with Gasteiger partial charge in [0.25, 0.3) is 0 Å². The first-order chi connectivity index (χ1) is 14.4. The summed E-state index contributed by atoms with van der Waals surface area (Å²) in [6, 6.07) is 3.34. The lowest BCUT2D eigenvalue weighted by Crippen LogP contribution is -3.13. The number of nitrogens with zero attached hydrogens (tertiary/aromatic N) is 2. The van der Waals surface area contributed by atoms with Crippen LogP contribution in [0.15, 0.2) is 12.1 Å². The highest BCUT2D eigenvalue weighted by Gasteiger charge is 2.50. The highest BCUT2D eigenvalue weighted by Crippen LogP contribution is 2.32. The van der Waals surface area contributed by atoms with Crippen LogP contribution in [-0.2, 0) is 22.6 Å². The number of methoxy groups -OCH3 is 2. The molecule has 0 bridgehead atoms. The van der Waals surface area contributed by atoms with Crippen molar-refractivity contribution in [2.45, 2.75) is 51.6 Å². The van der Waals surface area contributed by atoms with Crippen LogP contribution in [0.2, 0.25) is 0 Å². The Morgan fingerprint density at radius 2 is 1.67 bits per heavy atom. The van der Waals surface area contributed by atoms with Crippen LogP contribution >= 0.6 is 0 Å². The molecule has 2 heterocycles. The van der Waals surface area contributed by atoms with E-state index in [1.165, 1.54) is 10.5 Å². The zero-order valence-electron chi connectivity index (χ0n) is 17.9. The van der Waals surface area contributed by atoms with Crippen LogP contribution in [0.1, 0.15) is 43.7 Å². The van der Waals surface area contributed by atoms with Gasteiger partial charge in [-0.25, -0.2) is 9.69 Å². The van der Waals surface area contributed by atoms with Gasteiger partial charge in [0.1, 0.15) is 6.54 Å². The molecule has 2 fully saturated rings. The Morgan fingerprint density at radius 1 is 1.00 bits per heavy atom. The summed E-state index contributed by atoms with van der Waals surface area (Å²) in [6.07, 6.45) is 4.66. The molecule has 0 radical (unpaired) electrons. The van der Waals surface area contributed by atoms with Crippen LogP contribution in [-0.4, -0.2) is 61.1 Å². The minimum Gasteiger partial charge on any atom is -0.493 e. The highest BCUT2D eigenvalue weighted by molar-refractivity contribution is 6.44. The van der Waals surface area contributed by atoms with Crippen molar-refractivity contribution in [3.05, 3.63) is 23.3 Å². The fourth-order valence-electron chi connectivity index (χ4n) is 5.02. The molecule has 4 amide bonds. The van der Waals surface area contributed by atoms with Crippen molar-refractivity contribution in [3.8, 4) is 11.5 Å². The van der Waals surface area contributed by atoms with Gasteiger partial charge in [0.15, 0.2) is 18.2 Å². The Bertz CT molecular complexity index is 871. The molecular weight excluding hydrogens is 386 g/mol. The number of fused-ring (bicyclic) bond motifs is 1. The Balaban J connectivity index is 1.49. The number of amides is 4. The van der Waals surface area contributed by atoms with Crippen molar-refractivity contribution in [2.75, 3.05) is 27.4 Å². The van der Waals surface area contributed by atoms with Gasteiger partial charge in [-0.1, -0.05) is 19.8 Å². The smallest absolute Gasteiger partial charge is 0.338 e. The third kappa shape index (κ3) is 3.53. The predicted octanol–water partition coefficient (Wildman–Crippen LogP) is 0.972. The van der Waals surface area contributed by atoms with Crippen molar-refractivity contribution < 1.29 is 28.8 Å². The molecule has 0 aromatic heterocycles. The standard InChI is InChI=1S/C22H29N3O5/c1-14-6-4-5-7-17(14)25-21(27)20(26)24(22(25)28)13-23-9-8-15-10-18(29-2)19(30-3)11-16(15)12-23/h10-11,14,17H,4-9,12-13H2,1-3H3/p+1/t14-,17+/m0/s1.